The van der Waals surface area contributed by atoms with Crippen LogP contribution in [0.25, 0.3) is 0 Å². The van der Waals surface area contributed by atoms with Crippen LogP contribution in [0.3, 0.4) is 0 Å². The van der Waals surface area contributed by atoms with E-state index in [2.05, 4.69) is 5.43 Å². The molecule has 31 heavy (non-hydrogen) atoms. The second-order valence-electron chi connectivity index (χ2n) is 9.57. The van der Waals surface area contributed by atoms with E-state index < -0.39 is 28.4 Å². The third kappa shape index (κ3) is 2.42. The van der Waals surface area contributed by atoms with Crippen LogP contribution < -0.4 is 5.43 Å². The number of hydrazine groups is 1. The molecule has 2 aromatic carbocycles. The van der Waals surface area contributed by atoms with E-state index in [4.69, 9.17) is 4.74 Å². The molecule has 4 atom stereocenters. The predicted molar refractivity (Wildman–Crippen MR) is 113 cm³/mol. The van der Waals surface area contributed by atoms with Gasteiger partial charge in [-0.1, -0.05) is 74.5 Å². The first kappa shape index (κ1) is 19.8. The van der Waals surface area contributed by atoms with E-state index >= 15 is 0 Å². The van der Waals surface area contributed by atoms with Crippen LogP contribution in [0.1, 0.15) is 56.7 Å². The summed E-state index contributed by atoms with van der Waals surface area (Å²) in [7, 11) is 0. The minimum absolute atomic E-state index is 0.243. The first-order valence-corrected chi connectivity index (χ1v) is 10.7. The zero-order valence-electron chi connectivity index (χ0n) is 17.9. The van der Waals surface area contributed by atoms with Crippen molar-refractivity contribution in [3.05, 3.63) is 71.8 Å². The molecule has 0 aromatic heterocycles. The molecule has 2 heterocycles. The van der Waals surface area contributed by atoms with Crippen molar-refractivity contribution in [3.63, 3.8) is 0 Å². The Balaban J connectivity index is 1.61. The molecule has 0 spiro atoms. The number of amides is 2. The lowest BCUT2D eigenvalue weighted by atomic mass is 9.66. The number of carbonyl (C=O) groups is 3. The molecule has 0 radical (unpaired) electrons. The van der Waals surface area contributed by atoms with Gasteiger partial charge in [-0.05, 0) is 30.9 Å². The topological polar surface area (TPSA) is 75.7 Å². The van der Waals surface area contributed by atoms with Crippen LogP contribution >= 0.6 is 0 Å². The van der Waals surface area contributed by atoms with Crippen molar-refractivity contribution in [1.29, 1.82) is 0 Å². The van der Waals surface area contributed by atoms with Gasteiger partial charge in [-0.25, -0.2) is 5.01 Å². The highest BCUT2D eigenvalue weighted by atomic mass is 16.6. The monoisotopic (exact) mass is 418 g/mol. The number of nitrogens with zero attached hydrogens (tertiary/aromatic N) is 1. The van der Waals surface area contributed by atoms with E-state index in [1.165, 1.54) is 5.01 Å². The summed E-state index contributed by atoms with van der Waals surface area (Å²) < 4.78 is 5.82. The quantitative estimate of drug-likeness (QED) is 0.774. The van der Waals surface area contributed by atoms with Crippen LogP contribution in [-0.2, 0) is 19.1 Å². The average molecular weight is 418 g/mol. The fourth-order valence-corrected chi connectivity index (χ4v) is 5.63. The van der Waals surface area contributed by atoms with E-state index in [0.29, 0.717) is 12.8 Å². The molecule has 5 rings (SSSR count). The number of carbonyl (C=O) groups excluding carboxylic acids is 3. The third-order valence-electron chi connectivity index (χ3n) is 8.05. The first-order chi connectivity index (χ1) is 14.7. The van der Waals surface area contributed by atoms with Crippen LogP contribution in [0.5, 0.6) is 0 Å². The second-order valence-corrected chi connectivity index (χ2v) is 9.57. The van der Waals surface area contributed by atoms with Gasteiger partial charge in [0.25, 0.3) is 5.91 Å². The number of hydrogen-bond acceptors (Lipinski definition) is 4. The van der Waals surface area contributed by atoms with Gasteiger partial charge in [0.1, 0.15) is 0 Å². The Hall–Kier alpha value is -3.15. The lowest BCUT2D eigenvalue weighted by Gasteiger charge is -2.39. The summed E-state index contributed by atoms with van der Waals surface area (Å²) in [5.41, 5.74) is 1.82. The molecular formula is C25H26N2O4. The van der Waals surface area contributed by atoms with Gasteiger partial charge in [-0.15, -0.1) is 0 Å². The Morgan fingerprint density at radius 2 is 1.52 bits per heavy atom. The molecule has 2 amide bonds. The molecule has 2 aromatic rings. The first-order valence-electron chi connectivity index (χ1n) is 10.7. The molecule has 3 aliphatic rings. The van der Waals surface area contributed by atoms with Crippen molar-refractivity contribution in [2.75, 3.05) is 0 Å². The summed E-state index contributed by atoms with van der Waals surface area (Å²) >= 11 is 0. The standard InChI is InChI=1S/C25H26N2O4/c1-23(2)24(3)14-15-25(23,31-22(24)30)21(29)27-19(17-12-8-5-9-13-17)18(20(28)26-27)16-10-6-4-7-11-16/h4-13,18-19H,14-15H2,1-3H3,(H,26,28). The number of hydrogen-bond donors (Lipinski definition) is 1. The zero-order valence-corrected chi connectivity index (χ0v) is 17.9. The molecule has 6 heteroatoms. The summed E-state index contributed by atoms with van der Waals surface area (Å²) in [5, 5.41) is 1.42. The molecule has 160 valence electrons. The zero-order chi connectivity index (χ0) is 22.0. The van der Waals surface area contributed by atoms with Crippen LogP contribution in [0.2, 0.25) is 0 Å². The minimum Gasteiger partial charge on any atom is -0.448 e. The van der Waals surface area contributed by atoms with Crippen molar-refractivity contribution >= 4 is 17.8 Å². The lowest BCUT2D eigenvalue weighted by Crippen LogP contribution is -2.57. The highest BCUT2D eigenvalue weighted by molar-refractivity contribution is 5.99. The lowest BCUT2D eigenvalue weighted by molar-refractivity contribution is -0.176. The van der Waals surface area contributed by atoms with E-state index in [0.717, 1.165) is 11.1 Å². The van der Waals surface area contributed by atoms with Crippen LogP contribution in [0.4, 0.5) is 0 Å². The minimum atomic E-state index is -1.29. The van der Waals surface area contributed by atoms with Gasteiger partial charge in [0, 0.05) is 5.41 Å². The summed E-state index contributed by atoms with van der Waals surface area (Å²) in [6, 6.07) is 18.5. The molecular weight excluding hydrogens is 392 g/mol. The summed E-state index contributed by atoms with van der Waals surface area (Å²) in [6.45, 7) is 5.72. The third-order valence-corrected chi connectivity index (χ3v) is 8.05. The van der Waals surface area contributed by atoms with E-state index in [1.807, 2.05) is 81.4 Å². The van der Waals surface area contributed by atoms with Crippen molar-refractivity contribution < 1.29 is 19.1 Å². The number of rotatable bonds is 3. The van der Waals surface area contributed by atoms with Gasteiger partial charge in [0.15, 0.2) is 5.60 Å². The Bertz CT molecular complexity index is 1070. The largest absolute Gasteiger partial charge is 0.448 e. The number of ether oxygens (including phenoxy) is 1. The maximum Gasteiger partial charge on any atom is 0.313 e. The SMILES string of the molecule is CC12CCC(C(=O)N3NC(=O)C(c4ccccc4)C3c3ccccc3)(OC1=O)C2(C)C. The molecule has 2 aliphatic heterocycles. The van der Waals surface area contributed by atoms with Gasteiger partial charge < -0.3 is 4.74 Å². The number of esters is 1. The maximum atomic E-state index is 14.1. The Morgan fingerprint density at radius 3 is 2.03 bits per heavy atom. The Morgan fingerprint density at radius 1 is 0.935 bits per heavy atom. The van der Waals surface area contributed by atoms with E-state index in [-0.39, 0.29) is 17.8 Å². The van der Waals surface area contributed by atoms with Crippen LogP contribution in [0, 0.1) is 10.8 Å². The van der Waals surface area contributed by atoms with E-state index in [9.17, 15) is 14.4 Å². The van der Waals surface area contributed by atoms with Gasteiger partial charge >= 0.3 is 5.97 Å². The summed E-state index contributed by atoms with van der Waals surface area (Å²) in [4.78, 5) is 40.0. The normalized spacial score (nSPS) is 33.3. The fraction of sp³-hybridized carbons (Fsp3) is 0.400. The molecule has 1 aliphatic carbocycles. The number of nitrogens with one attached hydrogen (secondary N) is 1. The van der Waals surface area contributed by atoms with Crippen LogP contribution in [-0.4, -0.2) is 28.4 Å². The van der Waals surface area contributed by atoms with Crippen molar-refractivity contribution in [3.8, 4) is 0 Å². The van der Waals surface area contributed by atoms with Crippen LogP contribution in [0.15, 0.2) is 60.7 Å². The maximum absolute atomic E-state index is 14.1. The molecule has 1 saturated carbocycles. The highest BCUT2D eigenvalue weighted by Gasteiger charge is 2.77. The molecule has 6 nitrogen and oxygen atoms in total. The Labute approximate surface area is 181 Å². The summed E-state index contributed by atoms with van der Waals surface area (Å²) in [6.07, 6.45) is 1.04. The van der Waals surface area contributed by atoms with Crippen molar-refractivity contribution in [1.82, 2.24) is 10.4 Å². The smallest absolute Gasteiger partial charge is 0.313 e. The van der Waals surface area contributed by atoms with E-state index in [1.54, 1.807) is 0 Å². The van der Waals surface area contributed by atoms with Crippen molar-refractivity contribution in [2.45, 2.75) is 51.2 Å². The highest BCUT2D eigenvalue weighted by Crippen LogP contribution is 2.66. The molecule has 2 bridgehead atoms. The summed E-state index contributed by atoms with van der Waals surface area (Å²) in [5.74, 6) is -1.49. The van der Waals surface area contributed by atoms with Gasteiger partial charge in [-0.3, -0.25) is 19.8 Å². The second kappa shape index (κ2) is 6.42. The Kier molecular flexibility index (Phi) is 4.10. The molecule has 3 fully saturated rings. The van der Waals surface area contributed by atoms with Gasteiger partial charge in [-0.2, -0.15) is 0 Å². The fourth-order valence-electron chi connectivity index (χ4n) is 5.63. The number of benzene rings is 2. The average Bonchev–Trinajstić information content (AvgIpc) is 3.27. The van der Waals surface area contributed by atoms with Crippen molar-refractivity contribution in [2.24, 2.45) is 10.8 Å². The molecule has 2 saturated heterocycles. The number of fused-ring (bicyclic) bond motifs is 2. The predicted octanol–water partition coefficient (Wildman–Crippen LogP) is 3.51. The van der Waals surface area contributed by atoms with Gasteiger partial charge in [0.2, 0.25) is 5.91 Å². The molecule has 4 unspecified atom stereocenters. The molecule has 1 N–H and O–H groups in total. The van der Waals surface area contributed by atoms with Gasteiger partial charge in [0.05, 0.1) is 17.4 Å².